The topological polar surface area (TPSA) is 86.7 Å². The maximum Gasteiger partial charge on any atom is 0.329 e. The molecule has 0 saturated carbocycles. The van der Waals surface area contributed by atoms with Gasteiger partial charge >= 0.3 is 12.0 Å². The van der Waals surface area contributed by atoms with Crippen LogP contribution in [0.2, 0.25) is 0 Å². The van der Waals surface area contributed by atoms with E-state index >= 15 is 0 Å². The second-order valence-corrected chi connectivity index (χ2v) is 3.68. The van der Waals surface area contributed by atoms with Crippen LogP contribution in [0.25, 0.3) is 6.08 Å². The van der Waals surface area contributed by atoms with Gasteiger partial charge < -0.3 is 10.4 Å². The SMILES string of the molecule is O=C(O)CN1C(=O)N/C(=C\c2ccccc2)C1=O. The van der Waals surface area contributed by atoms with Crippen molar-refractivity contribution >= 4 is 24.0 Å². The van der Waals surface area contributed by atoms with Gasteiger partial charge in [-0.05, 0) is 11.6 Å². The molecule has 1 saturated heterocycles. The highest BCUT2D eigenvalue weighted by Gasteiger charge is 2.34. The second-order valence-electron chi connectivity index (χ2n) is 3.68. The van der Waals surface area contributed by atoms with Crippen LogP contribution in [0.15, 0.2) is 36.0 Å². The van der Waals surface area contributed by atoms with Crippen LogP contribution in [-0.2, 0) is 9.59 Å². The molecule has 2 rings (SSSR count). The predicted molar refractivity (Wildman–Crippen MR) is 62.3 cm³/mol. The molecule has 3 amide bonds. The van der Waals surface area contributed by atoms with Gasteiger partial charge in [0.2, 0.25) is 0 Å². The van der Waals surface area contributed by atoms with E-state index in [9.17, 15) is 14.4 Å². The lowest BCUT2D eigenvalue weighted by molar-refractivity contribution is -0.140. The highest BCUT2D eigenvalue weighted by atomic mass is 16.4. The fraction of sp³-hybridized carbons (Fsp3) is 0.0833. The highest BCUT2D eigenvalue weighted by Crippen LogP contribution is 2.13. The summed E-state index contributed by atoms with van der Waals surface area (Å²) in [4.78, 5) is 34.3. The van der Waals surface area contributed by atoms with Gasteiger partial charge in [-0.3, -0.25) is 9.59 Å². The van der Waals surface area contributed by atoms with Crippen LogP contribution < -0.4 is 5.32 Å². The molecule has 1 heterocycles. The first-order valence-corrected chi connectivity index (χ1v) is 5.19. The van der Waals surface area contributed by atoms with E-state index in [1.165, 1.54) is 6.08 Å². The fourth-order valence-corrected chi connectivity index (χ4v) is 1.57. The third-order valence-electron chi connectivity index (χ3n) is 2.37. The first-order valence-electron chi connectivity index (χ1n) is 5.19. The molecule has 0 unspecified atom stereocenters. The Morgan fingerprint density at radius 1 is 1.28 bits per heavy atom. The number of urea groups is 1. The molecular formula is C12H10N2O4. The number of nitrogens with one attached hydrogen (secondary N) is 1. The Balaban J connectivity index is 2.23. The molecule has 0 bridgehead atoms. The van der Waals surface area contributed by atoms with Crippen LogP contribution in [0.1, 0.15) is 5.56 Å². The molecule has 1 fully saturated rings. The lowest BCUT2D eigenvalue weighted by Crippen LogP contribution is -2.35. The summed E-state index contributed by atoms with van der Waals surface area (Å²) in [7, 11) is 0. The van der Waals surface area contributed by atoms with E-state index in [-0.39, 0.29) is 5.70 Å². The van der Waals surface area contributed by atoms with Crippen molar-refractivity contribution in [1.29, 1.82) is 0 Å². The number of carbonyl (C=O) groups excluding carboxylic acids is 2. The van der Waals surface area contributed by atoms with Crippen molar-refractivity contribution in [3.05, 3.63) is 41.6 Å². The second kappa shape index (κ2) is 4.70. The van der Waals surface area contributed by atoms with Crippen LogP contribution in [0, 0.1) is 0 Å². The minimum absolute atomic E-state index is 0.0763. The minimum atomic E-state index is -1.24. The van der Waals surface area contributed by atoms with Crippen molar-refractivity contribution in [2.24, 2.45) is 0 Å². The van der Waals surface area contributed by atoms with E-state index in [4.69, 9.17) is 5.11 Å². The summed E-state index contributed by atoms with van der Waals surface area (Å²) in [5.41, 5.74) is 0.825. The summed E-state index contributed by atoms with van der Waals surface area (Å²) in [6.07, 6.45) is 1.50. The molecule has 0 atom stereocenters. The number of carboxylic acid groups (broad SMARTS) is 1. The smallest absolute Gasteiger partial charge is 0.329 e. The van der Waals surface area contributed by atoms with Crippen LogP contribution in [-0.4, -0.2) is 34.5 Å². The van der Waals surface area contributed by atoms with Gasteiger partial charge in [0, 0.05) is 0 Å². The number of hydrogen-bond donors (Lipinski definition) is 2. The van der Waals surface area contributed by atoms with Gasteiger partial charge in [0.15, 0.2) is 0 Å². The third-order valence-corrected chi connectivity index (χ3v) is 2.37. The summed E-state index contributed by atoms with van der Waals surface area (Å²) in [5.74, 6) is -1.87. The number of carbonyl (C=O) groups is 3. The molecule has 92 valence electrons. The lowest BCUT2D eigenvalue weighted by atomic mass is 10.2. The Kier molecular flexibility index (Phi) is 3.09. The molecule has 0 aliphatic carbocycles. The van der Waals surface area contributed by atoms with Gasteiger partial charge in [0.05, 0.1) is 0 Å². The molecule has 1 aromatic rings. The van der Waals surface area contributed by atoms with Gasteiger partial charge in [-0.15, -0.1) is 0 Å². The largest absolute Gasteiger partial charge is 0.480 e. The summed E-state index contributed by atoms with van der Waals surface area (Å²) < 4.78 is 0. The molecule has 1 aromatic carbocycles. The zero-order valence-electron chi connectivity index (χ0n) is 9.29. The Hall–Kier alpha value is -2.63. The predicted octanol–water partition coefficient (Wildman–Crippen LogP) is 0.664. The maximum absolute atomic E-state index is 11.8. The van der Waals surface area contributed by atoms with Crippen LogP contribution in [0.4, 0.5) is 4.79 Å². The monoisotopic (exact) mass is 246 g/mol. The average Bonchev–Trinajstić information content (AvgIpc) is 2.58. The number of carboxylic acids is 1. The van der Waals surface area contributed by atoms with Gasteiger partial charge in [0.25, 0.3) is 5.91 Å². The standard InChI is InChI=1S/C12H10N2O4/c15-10(16)7-14-11(17)9(13-12(14)18)6-8-4-2-1-3-5-8/h1-6H,7H2,(H,13,18)(H,15,16)/b9-6-. The van der Waals surface area contributed by atoms with Crippen molar-refractivity contribution in [2.75, 3.05) is 6.54 Å². The van der Waals surface area contributed by atoms with Crippen LogP contribution in [0.3, 0.4) is 0 Å². The molecule has 2 N–H and O–H groups in total. The van der Waals surface area contributed by atoms with Crippen molar-refractivity contribution in [1.82, 2.24) is 10.2 Å². The molecule has 18 heavy (non-hydrogen) atoms. The van der Waals surface area contributed by atoms with Crippen molar-refractivity contribution < 1.29 is 19.5 Å². The van der Waals surface area contributed by atoms with Gasteiger partial charge in [0.1, 0.15) is 12.2 Å². The minimum Gasteiger partial charge on any atom is -0.480 e. The van der Waals surface area contributed by atoms with Gasteiger partial charge in [-0.25, -0.2) is 9.69 Å². The molecule has 0 aromatic heterocycles. The van der Waals surface area contributed by atoms with Crippen molar-refractivity contribution in [2.45, 2.75) is 0 Å². The summed E-state index contributed by atoms with van der Waals surface area (Å²) in [6, 6.07) is 8.24. The quantitative estimate of drug-likeness (QED) is 0.606. The van der Waals surface area contributed by atoms with Gasteiger partial charge in [-0.2, -0.15) is 0 Å². The van der Waals surface area contributed by atoms with Crippen LogP contribution >= 0.6 is 0 Å². The highest BCUT2D eigenvalue weighted by molar-refractivity contribution is 6.15. The summed E-state index contributed by atoms with van der Waals surface area (Å²) >= 11 is 0. The van der Waals surface area contributed by atoms with E-state index in [1.54, 1.807) is 24.3 Å². The lowest BCUT2D eigenvalue weighted by Gasteiger charge is -2.06. The Labute approximate surface area is 103 Å². The zero-order chi connectivity index (χ0) is 13.1. The summed E-state index contributed by atoms with van der Waals surface area (Å²) in [5, 5.41) is 10.9. The number of amides is 3. The summed E-state index contributed by atoms with van der Waals surface area (Å²) in [6.45, 7) is -0.642. The molecular weight excluding hydrogens is 236 g/mol. The number of nitrogens with zero attached hydrogens (tertiary/aromatic N) is 1. The molecule has 0 radical (unpaired) electrons. The van der Waals surface area contributed by atoms with Crippen molar-refractivity contribution in [3.8, 4) is 0 Å². The number of aliphatic carboxylic acids is 1. The zero-order valence-corrected chi connectivity index (χ0v) is 9.29. The van der Waals surface area contributed by atoms with E-state index in [2.05, 4.69) is 5.32 Å². The number of benzene rings is 1. The number of rotatable bonds is 3. The normalized spacial score (nSPS) is 17.1. The molecule has 6 heteroatoms. The van der Waals surface area contributed by atoms with E-state index in [0.717, 1.165) is 5.56 Å². The first kappa shape index (κ1) is 11.8. The Morgan fingerprint density at radius 2 is 1.94 bits per heavy atom. The number of imide groups is 1. The van der Waals surface area contributed by atoms with E-state index < -0.39 is 24.5 Å². The molecule has 0 spiro atoms. The molecule has 1 aliphatic heterocycles. The number of hydrogen-bond acceptors (Lipinski definition) is 3. The average molecular weight is 246 g/mol. The molecule has 6 nitrogen and oxygen atoms in total. The van der Waals surface area contributed by atoms with Gasteiger partial charge in [-0.1, -0.05) is 30.3 Å². The molecule has 1 aliphatic rings. The Morgan fingerprint density at radius 3 is 2.56 bits per heavy atom. The van der Waals surface area contributed by atoms with Crippen molar-refractivity contribution in [3.63, 3.8) is 0 Å². The van der Waals surface area contributed by atoms with Crippen LogP contribution in [0.5, 0.6) is 0 Å². The maximum atomic E-state index is 11.8. The fourth-order valence-electron chi connectivity index (χ4n) is 1.57. The Bertz CT molecular complexity index is 536. The third kappa shape index (κ3) is 2.37. The van der Waals surface area contributed by atoms with E-state index in [0.29, 0.717) is 4.90 Å². The first-order chi connectivity index (χ1) is 8.58. The van der Waals surface area contributed by atoms with E-state index in [1.807, 2.05) is 6.07 Å².